The highest BCUT2D eigenvalue weighted by Crippen LogP contribution is 2.27. The highest BCUT2D eigenvalue weighted by Gasteiger charge is 2.20. The highest BCUT2D eigenvalue weighted by atomic mass is 16.5. The Bertz CT molecular complexity index is 396. The predicted octanol–water partition coefficient (Wildman–Crippen LogP) is 1.66. The molecule has 0 aromatic carbocycles. The zero-order valence-electron chi connectivity index (χ0n) is 11.6. The zero-order chi connectivity index (χ0) is 13.1. The average Bonchev–Trinajstić information content (AvgIpc) is 2.66. The van der Waals surface area contributed by atoms with E-state index in [1.54, 1.807) is 0 Å². The van der Waals surface area contributed by atoms with Crippen LogP contribution in [0.5, 0.6) is 0 Å². The summed E-state index contributed by atoms with van der Waals surface area (Å²) in [6.07, 6.45) is 2.41. The fourth-order valence-electron chi connectivity index (χ4n) is 2.63. The summed E-state index contributed by atoms with van der Waals surface area (Å²) in [5.41, 5.74) is 7.85. The molecule has 0 amide bonds. The van der Waals surface area contributed by atoms with Gasteiger partial charge in [-0.2, -0.15) is 5.10 Å². The van der Waals surface area contributed by atoms with E-state index in [0.717, 1.165) is 43.5 Å². The highest BCUT2D eigenvalue weighted by molar-refractivity contribution is 5.65. The molecule has 102 valence electrons. The Morgan fingerprint density at radius 3 is 2.94 bits per heavy atom. The quantitative estimate of drug-likeness (QED) is 0.885. The molecule has 2 N–H and O–H groups in total. The van der Waals surface area contributed by atoms with Crippen molar-refractivity contribution < 1.29 is 4.74 Å². The van der Waals surface area contributed by atoms with Crippen LogP contribution >= 0.6 is 0 Å². The van der Waals surface area contributed by atoms with Crippen LogP contribution in [0.2, 0.25) is 0 Å². The van der Waals surface area contributed by atoms with Gasteiger partial charge < -0.3 is 15.4 Å². The van der Waals surface area contributed by atoms with Crippen molar-refractivity contribution in [2.45, 2.75) is 33.2 Å². The third-order valence-corrected chi connectivity index (χ3v) is 3.59. The second-order valence-electron chi connectivity index (χ2n) is 5.10. The Morgan fingerprint density at radius 1 is 1.56 bits per heavy atom. The van der Waals surface area contributed by atoms with Gasteiger partial charge in [-0.25, -0.2) is 4.68 Å². The summed E-state index contributed by atoms with van der Waals surface area (Å²) >= 11 is 0. The molecule has 0 radical (unpaired) electrons. The fraction of sp³-hybridized carbons (Fsp3) is 0.769. The smallest absolute Gasteiger partial charge is 0.150 e. The number of anilines is 2. The van der Waals surface area contributed by atoms with Gasteiger partial charge in [-0.1, -0.05) is 0 Å². The van der Waals surface area contributed by atoms with Gasteiger partial charge in [0.2, 0.25) is 0 Å². The summed E-state index contributed by atoms with van der Waals surface area (Å²) in [4.78, 5) is 2.22. The van der Waals surface area contributed by atoms with Crippen LogP contribution in [0, 0.1) is 12.8 Å². The van der Waals surface area contributed by atoms with Gasteiger partial charge in [-0.3, -0.25) is 0 Å². The number of nitrogens with two attached hydrogens (primary N) is 1. The predicted molar refractivity (Wildman–Crippen MR) is 73.9 cm³/mol. The van der Waals surface area contributed by atoms with E-state index in [9.17, 15) is 0 Å². The number of hydrogen-bond acceptors (Lipinski definition) is 4. The molecule has 5 nitrogen and oxygen atoms in total. The first kappa shape index (κ1) is 13.2. The van der Waals surface area contributed by atoms with E-state index >= 15 is 0 Å². The lowest BCUT2D eigenvalue weighted by Gasteiger charge is -2.28. The van der Waals surface area contributed by atoms with E-state index in [1.807, 2.05) is 11.6 Å². The Kier molecular flexibility index (Phi) is 4.11. The molecule has 1 aliphatic rings. The summed E-state index contributed by atoms with van der Waals surface area (Å²) in [6.45, 7) is 7.65. The minimum atomic E-state index is 0.601. The maximum atomic E-state index is 6.13. The fourth-order valence-corrected chi connectivity index (χ4v) is 2.63. The van der Waals surface area contributed by atoms with E-state index in [2.05, 4.69) is 24.0 Å². The van der Waals surface area contributed by atoms with E-state index < -0.39 is 0 Å². The van der Waals surface area contributed by atoms with Crippen LogP contribution in [0.25, 0.3) is 0 Å². The van der Waals surface area contributed by atoms with Crippen molar-refractivity contribution in [1.29, 1.82) is 0 Å². The second-order valence-corrected chi connectivity index (χ2v) is 5.10. The van der Waals surface area contributed by atoms with Crippen LogP contribution in [-0.4, -0.2) is 36.6 Å². The number of ether oxygens (including phenoxy) is 1. The molecule has 1 fully saturated rings. The van der Waals surface area contributed by atoms with E-state index in [0.29, 0.717) is 5.92 Å². The topological polar surface area (TPSA) is 56.3 Å². The standard InChI is InChI=1S/C13H24N4O/c1-4-17-13(12(14)10(2)15-17)16(3)8-11-6-5-7-18-9-11/h11H,4-9,14H2,1-3H3. The molecule has 0 saturated carbocycles. The number of nitrogen functional groups attached to an aromatic ring is 1. The molecule has 18 heavy (non-hydrogen) atoms. The van der Waals surface area contributed by atoms with Gasteiger partial charge >= 0.3 is 0 Å². The molecule has 0 spiro atoms. The molecule has 1 aromatic rings. The first-order chi connectivity index (χ1) is 8.63. The maximum Gasteiger partial charge on any atom is 0.150 e. The molecule has 1 saturated heterocycles. The Labute approximate surface area is 109 Å². The molecule has 1 atom stereocenters. The van der Waals surface area contributed by atoms with Crippen LogP contribution in [-0.2, 0) is 11.3 Å². The maximum absolute atomic E-state index is 6.13. The minimum absolute atomic E-state index is 0.601. The SMILES string of the molecule is CCn1nc(C)c(N)c1N(C)CC1CCCOC1. The Hall–Kier alpha value is -1.23. The Morgan fingerprint density at radius 2 is 2.33 bits per heavy atom. The van der Waals surface area contributed by atoms with Crippen LogP contribution < -0.4 is 10.6 Å². The summed E-state index contributed by atoms with van der Waals surface area (Å²) in [5, 5.41) is 4.46. The molecule has 0 aliphatic carbocycles. The summed E-state index contributed by atoms with van der Waals surface area (Å²) in [7, 11) is 2.09. The number of rotatable bonds is 4. The lowest BCUT2D eigenvalue weighted by Crippen LogP contribution is -2.32. The molecule has 2 heterocycles. The van der Waals surface area contributed by atoms with E-state index in [1.165, 1.54) is 12.8 Å². The van der Waals surface area contributed by atoms with E-state index in [4.69, 9.17) is 10.5 Å². The average molecular weight is 252 g/mol. The van der Waals surface area contributed by atoms with Gasteiger partial charge in [0.25, 0.3) is 0 Å². The van der Waals surface area contributed by atoms with Crippen LogP contribution in [0.15, 0.2) is 0 Å². The molecule has 1 unspecified atom stereocenters. The van der Waals surface area contributed by atoms with Gasteiger partial charge in [-0.05, 0) is 32.6 Å². The van der Waals surface area contributed by atoms with Crippen molar-refractivity contribution in [1.82, 2.24) is 9.78 Å². The lowest BCUT2D eigenvalue weighted by molar-refractivity contribution is 0.0575. The lowest BCUT2D eigenvalue weighted by atomic mass is 10.0. The first-order valence-corrected chi connectivity index (χ1v) is 6.75. The molecular formula is C13H24N4O. The van der Waals surface area contributed by atoms with Gasteiger partial charge in [0.15, 0.2) is 0 Å². The molecule has 2 rings (SSSR count). The molecular weight excluding hydrogens is 228 g/mol. The molecule has 1 aromatic heterocycles. The van der Waals surface area contributed by atoms with Crippen molar-refractivity contribution in [2.24, 2.45) is 5.92 Å². The van der Waals surface area contributed by atoms with Gasteiger partial charge in [0, 0.05) is 26.7 Å². The zero-order valence-corrected chi connectivity index (χ0v) is 11.6. The van der Waals surface area contributed by atoms with Gasteiger partial charge in [0.1, 0.15) is 5.82 Å². The third kappa shape index (κ3) is 2.61. The van der Waals surface area contributed by atoms with Gasteiger partial charge in [0.05, 0.1) is 18.0 Å². The van der Waals surface area contributed by atoms with Crippen LogP contribution in [0.3, 0.4) is 0 Å². The normalized spacial score (nSPS) is 20.1. The van der Waals surface area contributed by atoms with E-state index in [-0.39, 0.29) is 0 Å². The number of aromatic nitrogens is 2. The largest absolute Gasteiger partial charge is 0.394 e. The van der Waals surface area contributed by atoms with Crippen molar-refractivity contribution >= 4 is 11.5 Å². The molecule has 5 heteroatoms. The van der Waals surface area contributed by atoms with Crippen molar-refractivity contribution in [3.05, 3.63) is 5.69 Å². The number of aryl methyl sites for hydroxylation is 2. The minimum Gasteiger partial charge on any atom is -0.394 e. The number of nitrogens with zero attached hydrogens (tertiary/aromatic N) is 3. The van der Waals surface area contributed by atoms with Crippen molar-refractivity contribution in [3.8, 4) is 0 Å². The second kappa shape index (κ2) is 5.61. The monoisotopic (exact) mass is 252 g/mol. The van der Waals surface area contributed by atoms with Crippen molar-refractivity contribution in [3.63, 3.8) is 0 Å². The van der Waals surface area contributed by atoms with Crippen LogP contribution in [0.4, 0.5) is 11.5 Å². The third-order valence-electron chi connectivity index (χ3n) is 3.59. The number of hydrogen-bond donors (Lipinski definition) is 1. The van der Waals surface area contributed by atoms with Crippen LogP contribution in [0.1, 0.15) is 25.5 Å². The molecule has 1 aliphatic heterocycles. The summed E-state index contributed by atoms with van der Waals surface area (Å²) < 4.78 is 7.51. The first-order valence-electron chi connectivity index (χ1n) is 6.75. The summed E-state index contributed by atoms with van der Waals surface area (Å²) in [6, 6.07) is 0. The Balaban J connectivity index is 2.09. The molecule has 0 bridgehead atoms. The van der Waals surface area contributed by atoms with Crippen molar-refractivity contribution in [2.75, 3.05) is 37.4 Å². The summed E-state index contributed by atoms with van der Waals surface area (Å²) in [5.74, 6) is 1.64. The van der Waals surface area contributed by atoms with Gasteiger partial charge in [-0.15, -0.1) is 0 Å².